The fourth-order valence-electron chi connectivity index (χ4n) is 1.61. The highest BCUT2D eigenvalue weighted by Crippen LogP contribution is 2.04. The third kappa shape index (κ3) is 8.88. The average molecular weight is 301 g/mol. The number of carbonyl (C=O) groups is 3. The molecule has 0 saturated carbocycles. The van der Waals surface area contributed by atoms with Gasteiger partial charge >= 0.3 is 12.0 Å². The van der Waals surface area contributed by atoms with E-state index in [0.717, 1.165) is 0 Å². The summed E-state index contributed by atoms with van der Waals surface area (Å²) in [6, 6.07) is -2.34. The van der Waals surface area contributed by atoms with Gasteiger partial charge in [-0.3, -0.25) is 4.79 Å². The van der Waals surface area contributed by atoms with E-state index in [2.05, 4.69) is 16.0 Å². The number of carbonyl (C=O) groups excluding carboxylic acids is 2. The molecule has 0 aliphatic rings. The standard InChI is InChI=1S/C14H27N3O4/c1-8(2)6-11(13(19)20)17-14(21)16-10(5)12(18)15-7-9(3)4/h8-11H,6-7H2,1-5H3,(H,15,18)(H,19,20)(H2,16,17,21)/t10?,11-/m0/s1. The van der Waals surface area contributed by atoms with Crippen LogP contribution in [0.25, 0.3) is 0 Å². The quantitative estimate of drug-likeness (QED) is 0.535. The summed E-state index contributed by atoms with van der Waals surface area (Å²) in [6.45, 7) is 9.75. The average Bonchev–Trinajstić information content (AvgIpc) is 2.33. The van der Waals surface area contributed by atoms with E-state index < -0.39 is 24.1 Å². The van der Waals surface area contributed by atoms with E-state index in [4.69, 9.17) is 5.11 Å². The molecule has 0 aliphatic carbocycles. The lowest BCUT2D eigenvalue weighted by atomic mass is 10.0. The summed E-state index contributed by atoms with van der Waals surface area (Å²) in [5, 5.41) is 16.5. The van der Waals surface area contributed by atoms with Crippen molar-refractivity contribution in [3.8, 4) is 0 Å². The van der Waals surface area contributed by atoms with Crippen LogP contribution in [0.2, 0.25) is 0 Å². The van der Waals surface area contributed by atoms with Gasteiger partial charge < -0.3 is 21.1 Å². The third-order valence-corrected chi connectivity index (χ3v) is 2.74. The first-order valence-electron chi connectivity index (χ1n) is 7.21. The van der Waals surface area contributed by atoms with Gasteiger partial charge in [-0.2, -0.15) is 0 Å². The SMILES string of the molecule is CC(C)CNC(=O)C(C)NC(=O)N[C@@H](CC(C)C)C(=O)O. The molecule has 0 aromatic rings. The van der Waals surface area contributed by atoms with Crippen molar-refractivity contribution in [2.24, 2.45) is 11.8 Å². The van der Waals surface area contributed by atoms with Crippen LogP contribution in [0.4, 0.5) is 4.79 Å². The fraction of sp³-hybridized carbons (Fsp3) is 0.786. The molecule has 4 N–H and O–H groups in total. The molecule has 122 valence electrons. The molecule has 0 aliphatic heterocycles. The van der Waals surface area contributed by atoms with Gasteiger partial charge in [-0.25, -0.2) is 9.59 Å². The minimum atomic E-state index is -1.09. The lowest BCUT2D eigenvalue weighted by Gasteiger charge is -2.19. The van der Waals surface area contributed by atoms with Gasteiger partial charge in [0.25, 0.3) is 0 Å². The molecule has 2 atom stereocenters. The molecule has 3 amide bonds. The summed E-state index contributed by atoms with van der Waals surface area (Å²) in [5.74, 6) is -0.930. The Bertz CT molecular complexity index is 369. The summed E-state index contributed by atoms with van der Waals surface area (Å²) in [4.78, 5) is 34.5. The predicted octanol–water partition coefficient (Wildman–Crippen LogP) is 0.946. The van der Waals surface area contributed by atoms with Crippen LogP contribution in [0.1, 0.15) is 41.0 Å². The smallest absolute Gasteiger partial charge is 0.326 e. The van der Waals surface area contributed by atoms with E-state index in [-0.39, 0.29) is 11.8 Å². The van der Waals surface area contributed by atoms with Crippen LogP contribution in [0.5, 0.6) is 0 Å². The highest BCUT2D eigenvalue weighted by atomic mass is 16.4. The van der Waals surface area contributed by atoms with Crippen LogP contribution in [0, 0.1) is 11.8 Å². The normalized spacial score (nSPS) is 13.7. The zero-order valence-electron chi connectivity index (χ0n) is 13.4. The number of rotatable bonds is 8. The third-order valence-electron chi connectivity index (χ3n) is 2.74. The van der Waals surface area contributed by atoms with Crippen molar-refractivity contribution >= 4 is 17.9 Å². The Balaban J connectivity index is 4.33. The summed E-state index contributed by atoms with van der Waals surface area (Å²) in [5.41, 5.74) is 0. The lowest BCUT2D eigenvalue weighted by molar-refractivity contribution is -0.139. The second-order valence-electron chi connectivity index (χ2n) is 6.00. The highest BCUT2D eigenvalue weighted by Gasteiger charge is 2.23. The molecule has 0 aromatic heterocycles. The number of hydrogen-bond acceptors (Lipinski definition) is 3. The van der Waals surface area contributed by atoms with Gasteiger partial charge in [0.15, 0.2) is 0 Å². The van der Waals surface area contributed by atoms with Gasteiger partial charge in [-0.05, 0) is 25.2 Å². The largest absolute Gasteiger partial charge is 0.480 e. The molecule has 0 heterocycles. The molecule has 0 bridgehead atoms. The van der Waals surface area contributed by atoms with Crippen LogP contribution in [0.15, 0.2) is 0 Å². The molecule has 0 aromatic carbocycles. The summed E-state index contributed by atoms with van der Waals surface area (Å²) in [7, 11) is 0. The number of carboxylic acid groups (broad SMARTS) is 1. The number of hydrogen-bond donors (Lipinski definition) is 4. The van der Waals surface area contributed by atoms with Crippen LogP contribution < -0.4 is 16.0 Å². The maximum Gasteiger partial charge on any atom is 0.326 e. The van der Waals surface area contributed by atoms with Gasteiger partial charge in [0, 0.05) is 6.54 Å². The first kappa shape index (κ1) is 19.2. The number of nitrogens with one attached hydrogen (secondary N) is 3. The fourth-order valence-corrected chi connectivity index (χ4v) is 1.61. The monoisotopic (exact) mass is 301 g/mol. The van der Waals surface area contributed by atoms with E-state index in [1.807, 2.05) is 27.7 Å². The Labute approximate surface area is 125 Å². The van der Waals surface area contributed by atoms with Gasteiger partial charge in [-0.1, -0.05) is 27.7 Å². The molecule has 21 heavy (non-hydrogen) atoms. The second-order valence-corrected chi connectivity index (χ2v) is 6.00. The molecule has 0 saturated heterocycles. The Kier molecular flexibility index (Phi) is 8.42. The van der Waals surface area contributed by atoms with E-state index in [1.54, 1.807) is 6.92 Å². The van der Waals surface area contributed by atoms with Crippen molar-refractivity contribution in [2.75, 3.05) is 6.54 Å². The highest BCUT2D eigenvalue weighted by molar-refractivity contribution is 5.88. The minimum Gasteiger partial charge on any atom is -0.480 e. The Morgan fingerprint density at radius 1 is 0.952 bits per heavy atom. The van der Waals surface area contributed by atoms with Crippen molar-refractivity contribution in [2.45, 2.75) is 53.1 Å². The van der Waals surface area contributed by atoms with Crippen LogP contribution in [0.3, 0.4) is 0 Å². The Morgan fingerprint density at radius 3 is 1.95 bits per heavy atom. The molecule has 0 spiro atoms. The van der Waals surface area contributed by atoms with Crippen molar-refractivity contribution < 1.29 is 19.5 Å². The summed E-state index contributed by atoms with van der Waals surface area (Å²) >= 11 is 0. The van der Waals surface area contributed by atoms with Crippen molar-refractivity contribution in [1.82, 2.24) is 16.0 Å². The van der Waals surface area contributed by atoms with E-state index in [9.17, 15) is 14.4 Å². The van der Waals surface area contributed by atoms with Gasteiger partial charge in [0.1, 0.15) is 12.1 Å². The van der Waals surface area contributed by atoms with Crippen LogP contribution >= 0.6 is 0 Å². The maximum atomic E-state index is 11.7. The summed E-state index contributed by atoms with van der Waals surface area (Å²) in [6.07, 6.45) is 0.330. The predicted molar refractivity (Wildman–Crippen MR) is 79.9 cm³/mol. The van der Waals surface area contributed by atoms with Crippen molar-refractivity contribution in [3.05, 3.63) is 0 Å². The van der Waals surface area contributed by atoms with E-state index in [0.29, 0.717) is 18.9 Å². The molecule has 0 fully saturated rings. The molecule has 0 rings (SSSR count). The molecule has 0 radical (unpaired) electrons. The number of urea groups is 1. The zero-order chi connectivity index (χ0) is 16.6. The molecular formula is C14H27N3O4. The van der Waals surface area contributed by atoms with Crippen molar-refractivity contribution in [1.29, 1.82) is 0 Å². The van der Waals surface area contributed by atoms with E-state index in [1.165, 1.54) is 0 Å². The number of amides is 3. The zero-order valence-corrected chi connectivity index (χ0v) is 13.4. The lowest BCUT2D eigenvalue weighted by Crippen LogP contribution is -2.52. The Hall–Kier alpha value is -1.79. The van der Waals surface area contributed by atoms with Crippen LogP contribution in [-0.4, -0.2) is 41.6 Å². The topological polar surface area (TPSA) is 108 Å². The van der Waals surface area contributed by atoms with E-state index >= 15 is 0 Å². The minimum absolute atomic E-state index is 0.137. The van der Waals surface area contributed by atoms with Gasteiger partial charge in [-0.15, -0.1) is 0 Å². The number of carboxylic acids is 1. The summed E-state index contributed by atoms with van der Waals surface area (Å²) < 4.78 is 0. The molecule has 1 unspecified atom stereocenters. The van der Waals surface area contributed by atoms with Gasteiger partial charge in [0.2, 0.25) is 5.91 Å². The first-order chi connectivity index (χ1) is 9.63. The Morgan fingerprint density at radius 2 is 1.52 bits per heavy atom. The van der Waals surface area contributed by atoms with Gasteiger partial charge in [0.05, 0.1) is 0 Å². The number of aliphatic carboxylic acids is 1. The molecular weight excluding hydrogens is 274 g/mol. The second kappa shape index (κ2) is 9.20. The first-order valence-corrected chi connectivity index (χ1v) is 7.21. The van der Waals surface area contributed by atoms with Crippen LogP contribution in [-0.2, 0) is 9.59 Å². The molecule has 7 nitrogen and oxygen atoms in total. The van der Waals surface area contributed by atoms with Crippen molar-refractivity contribution in [3.63, 3.8) is 0 Å². The maximum absolute atomic E-state index is 11.7. The molecule has 7 heteroatoms.